The molecule has 0 amide bonds. The molecule has 2 aromatic rings. The monoisotopic (exact) mass is 354 g/mol. The summed E-state index contributed by atoms with van der Waals surface area (Å²) in [6.07, 6.45) is 1.40. The first kappa shape index (κ1) is 17.2. The van der Waals surface area contributed by atoms with Gasteiger partial charge in [-0.2, -0.15) is 0 Å². The minimum atomic E-state index is -1.34. The molecule has 23 heavy (non-hydrogen) atoms. The van der Waals surface area contributed by atoms with E-state index in [1.165, 1.54) is 20.3 Å². The number of nitrogens with one attached hydrogen (secondary N) is 1. The van der Waals surface area contributed by atoms with Crippen LogP contribution in [0.15, 0.2) is 22.2 Å². The smallest absolute Gasteiger partial charge is 0.213 e. The van der Waals surface area contributed by atoms with E-state index in [0.717, 1.165) is 11.8 Å². The molecule has 122 valence electrons. The van der Waals surface area contributed by atoms with Gasteiger partial charge in [0.05, 0.1) is 25.2 Å². The van der Waals surface area contributed by atoms with Crippen LogP contribution in [0.2, 0.25) is 5.02 Å². The molecule has 0 radical (unpaired) electrons. The number of H-pyrrole nitrogens is 1. The Morgan fingerprint density at radius 2 is 2.13 bits per heavy atom. The van der Waals surface area contributed by atoms with E-state index in [1.54, 1.807) is 19.1 Å². The predicted molar refractivity (Wildman–Crippen MR) is 84.5 cm³/mol. The van der Waals surface area contributed by atoms with Crippen molar-refractivity contribution < 1.29 is 19.4 Å². The van der Waals surface area contributed by atoms with Crippen LogP contribution in [0.5, 0.6) is 11.5 Å². The lowest BCUT2D eigenvalue weighted by atomic mass is 10.2. The van der Waals surface area contributed by atoms with Crippen LogP contribution in [0.4, 0.5) is 0 Å². The van der Waals surface area contributed by atoms with E-state index >= 15 is 0 Å². The first-order valence-electron chi connectivity index (χ1n) is 6.36. The van der Waals surface area contributed by atoms with E-state index in [-0.39, 0.29) is 10.1 Å². The van der Waals surface area contributed by atoms with Gasteiger partial charge >= 0.3 is 0 Å². The minimum absolute atomic E-state index is 0.0627. The molecule has 9 heteroatoms. The molecular formula is C14H13ClN3O4S-. The fourth-order valence-electron chi connectivity index (χ4n) is 1.77. The van der Waals surface area contributed by atoms with Crippen molar-refractivity contribution in [2.24, 2.45) is 0 Å². The summed E-state index contributed by atoms with van der Waals surface area (Å²) in [7, 11) is 2.93. The topological polar surface area (TPSA) is 100 Å². The molecule has 0 aliphatic heterocycles. The number of hydrogen-bond acceptors (Lipinski definition) is 7. The molecule has 1 aromatic carbocycles. The van der Waals surface area contributed by atoms with Gasteiger partial charge in [-0.25, -0.2) is 4.98 Å². The van der Waals surface area contributed by atoms with Crippen molar-refractivity contribution in [3.63, 3.8) is 0 Å². The summed E-state index contributed by atoms with van der Waals surface area (Å²) in [4.78, 5) is 15.3. The Balaban J connectivity index is 2.39. The third-order valence-corrected chi connectivity index (χ3v) is 3.88. The van der Waals surface area contributed by atoms with Gasteiger partial charge in [0.25, 0.3) is 0 Å². The third-order valence-electron chi connectivity index (χ3n) is 2.73. The van der Waals surface area contributed by atoms with E-state index in [2.05, 4.69) is 15.2 Å². The lowest BCUT2D eigenvalue weighted by Crippen LogP contribution is -2.23. The van der Waals surface area contributed by atoms with Gasteiger partial charge in [0, 0.05) is 4.91 Å². The average molecular weight is 355 g/mol. The third kappa shape index (κ3) is 4.17. The van der Waals surface area contributed by atoms with Gasteiger partial charge in [-0.15, -0.1) is 5.10 Å². The summed E-state index contributed by atoms with van der Waals surface area (Å²) in [6, 6.07) is 3.17. The Labute approximate surface area is 141 Å². The highest BCUT2D eigenvalue weighted by molar-refractivity contribution is 8.04. The molecule has 1 aromatic heterocycles. The maximum atomic E-state index is 11.3. The molecule has 1 N–H and O–H groups in total. The van der Waals surface area contributed by atoms with Crippen molar-refractivity contribution in [2.45, 2.75) is 12.1 Å². The fraction of sp³-hybridized carbons (Fsp3) is 0.214. The van der Waals surface area contributed by atoms with Crippen molar-refractivity contribution in [3.05, 3.63) is 33.4 Å². The van der Waals surface area contributed by atoms with Crippen LogP contribution >= 0.6 is 23.4 Å². The van der Waals surface area contributed by atoms with Crippen molar-refractivity contribution in [3.8, 4) is 11.5 Å². The maximum Gasteiger partial charge on any atom is 0.213 e. The van der Waals surface area contributed by atoms with Gasteiger partial charge in [0.2, 0.25) is 5.16 Å². The SMILES string of the molecule is COc1cc(/C=C(/Sc2n[nH]c(C)n2)C(=O)[O-])cc(Cl)c1OC. The molecule has 0 spiro atoms. The zero-order valence-corrected chi connectivity index (χ0v) is 14.1. The number of aromatic nitrogens is 3. The van der Waals surface area contributed by atoms with Crippen molar-refractivity contribution in [2.75, 3.05) is 14.2 Å². The normalized spacial score (nSPS) is 11.4. The number of benzene rings is 1. The molecule has 0 unspecified atom stereocenters. The number of aromatic amines is 1. The second-order valence-corrected chi connectivity index (χ2v) is 5.76. The molecule has 7 nitrogen and oxygen atoms in total. The van der Waals surface area contributed by atoms with Crippen LogP contribution in [0.1, 0.15) is 11.4 Å². The molecule has 0 aliphatic carbocycles. The number of ether oxygens (including phenoxy) is 2. The van der Waals surface area contributed by atoms with Crippen molar-refractivity contribution in [1.29, 1.82) is 0 Å². The number of methoxy groups -OCH3 is 2. The first-order valence-corrected chi connectivity index (χ1v) is 7.55. The largest absolute Gasteiger partial charge is 0.544 e. The predicted octanol–water partition coefficient (Wildman–Crippen LogP) is 1.67. The zero-order chi connectivity index (χ0) is 17.0. The van der Waals surface area contributed by atoms with Crippen LogP contribution in [-0.4, -0.2) is 35.4 Å². The Bertz CT molecular complexity index is 760. The zero-order valence-electron chi connectivity index (χ0n) is 12.5. The van der Waals surface area contributed by atoms with Crippen molar-refractivity contribution in [1.82, 2.24) is 15.2 Å². The average Bonchev–Trinajstić information content (AvgIpc) is 2.91. The second kappa shape index (κ2) is 7.38. The molecule has 0 aliphatic rings. The summed E-state index contributed by atoms with van der Waals surface area (Å²) in [5.41, 5.74) is 0.520. The molecular weight excluding hydrogens is 342 g/mol. The Morgan fingerprint density at radius 3 is 2.65 bits per heavy atom. The Kier molecular flexibility index (Phi) is 5.51. The van der Waals surface area contributed by atoms with E-state index in [4.69, 9.17) is 21.1 Å². The van der Waals surface area contributed by atoms with Gasteiger partial charge in [0.15, 0.2) is 11.5 Å². The number of aryl methyl sites for hydroxylation is 1. The number of halogens is 1. The Morgan fingerprint density at radius 1 is 1.39 bits per heavy atom. The van der Waals surface area contributed by atoms with Gasteiger partial charge in [0.1, 0.15) is 5.82 Å². The first-order chi connectivity index (χ1) is 10.9. The van der Waals surface area contributed by atoms with Crippen molar-refractivity contribution >= 4 is 35.4 Å². The summed E-state index contributed by atoms with van der Waals surface area (Å²) in [6.45, 7) is 1.72. The summed E-state index contributed by atoms with van der Waals surface area (Å²) in [5, 5.41) is 18.4. The van der Waals surface area contributed by atoms with Crippen LogP contribution in [0.3, 0.4) is 0 Å². The van der Waals surface area contributed by atoms with E-state index in [9.17, 15) is 9.90 Å². The lowest BCUT2D eigenvalue weighted by molar-refractivity contribution is -0.297. The lowest BCUT2D eigenvalue weighted by Gasteiger charge is -2.11. The second-order valence-electron chi connectivity index (χ2n) is 4.34. The van der Waals surface area contributed by atoms with Gasteiger partial charge in [-0.1, -0.05) is 11.6 Å². The Hall–Kier alpha value is -2.19. The standard InChI is InChI=1S/C14H14ClN3O4S/c1-7-16-14(18-17-7)23-11(13(19)20)6-8-4-9(15)12(22-3)10(5-8)21-2/h4-6H,1-3H3,(H,19,20)(H,16,17,18)/p-1/b11-6+. The number of carbonyl (C=O) groups excluding carboxylic acids is 1. The summed E-state index contributed by atoms with van der Waals surface area (Å²) >= 11 is 6.98. The van der Waals surface area contributed by atoms with Crippen LogP contribution in [-0.2, 0) is 4.79 Å². The van der Waals surface area contributed by atoms with Gasteiger partial charge in [-0.3, -0.25) is 5.10 Å². The number of nitrogens with zero attached hydrogens (tertiary/aromatic N) is 2. The number of hydrogen-bond donors (Lipinski definition) is 1. The number of aliphatic carboxylic acids is 1. The highest BCUT2D eigenvalue weighted by Crippen LogP contribution is 2.37. The number of thioether (sulfide) groups is 1. The van der Waals surface area contributed by atoms with Crippen LogP contribution in [0.25, 0.3) is 6.08 Å². The number of carbonyl (C=O) groups is 1. The molecule has 0 fully saturated rings. The summed E-state index contributed by atoms with van der Waals surface area (Å²) < 4.78 is 10.3. The molecule has 0 saturated carbocycles. The van der Waals surface area contributed by atoms with E-state index in [0.29, 0.717) is 27.9 Å². The molecule has 2 rings (SSSR count). The summed E-state index contributed by atoms with van der Waals surface area (Å²) in [5.74, 6) is 0.00367. The molecule has 0 atom stereocenters. The maximum absolute atomic E-state index is 11.3. The van der Waals surface area contributed by atoms with Crippen LogP contribution in [0, 0.1) is 6.92 Å². The quantitative estimate of drug-likeness (QED) is 0.622. The molecule has 1 heterocycles. The molecule has 0 bridgehead atoms. The van der Waals surface area contributed by atoms with Gasteiger partial charge < -0.3 is 19.4 Å². The van der Waals surface area contributed by atoms with E-state index < -0.39 is 5.97 Å². The number of carboxylic acids is 1. The highest BCUT2D eigenvalue weighted by Gasteiger charge is 2.12. The van der Waals surface area contributed by atoms with E-state index in [1.807, 2.05) is 0 Å². The minimum Gasteiger partial charge on any atom is -0.544 e. The molecule has 0 saturated heterocycles. The highest BCUT2D eigenvalue weighted by atomic mass is 35.5. The number of rotatable bonds is 6. The van der Waals surface area contributed by atoms with Crippen LogP contribution < -0.4 is 14.6 Å². The number of carboxylic acid groups (broad SMARTS) is 1. The van der Waals surface area contributed by atoms with Gasteiger partial charge in [-0.05, 0) is 42.5 Å². The fourth-order valence-corrected chi connectivity index (χ4v) is 2.81.